The van der Waals surface area contributed by atoms with Crippen LogP contribution in [0.3, 0.4) is 0 Å². The minimum atomic E-state index is -0.487. The van der Waals surface area contributed by atoms with Crippen LogP contribution in [-0.2, 0) is 0 Å². The number of nitro benzene ring substituents is 1. The van der Waals surface area contributed by atoms with Gasteiger partial charge in [-0.3, -0.25) is 10.1 Å². The van der Waals surface area contributed by atoms with Crippen molar-refractivity contribution in [3.8, 4) is 5.75 Å². The molecule has 0 aliphatic heterocycles. The summed E-state index contributed by atoms with van der Waals surface area (Å²) in [6, 6.07) is 5.84. The molecule has 1 rings (SSSR count). The lowest BCUT2D eigenvalue weighted by atomic mass is 10.3. The molecule has 0 saturated heterocycles. The van der Waals surface area contributed by atoms with E-state index in [4.69, 9.17) is 4.74 Å². The highest BCUT2D eigenvalue weighted by atomic mass is 16.6. The summed E-state index contributed by atoms with van der Waals surface area (Å²) in [4.78, 5) is 9.86. The molecule has 0 heterocycles. The fourth-order valence-electron chi connectivity index (χ4n) is 0.827. The van der Waals surface area contributed by atoms with Crippen LogP contribution in [0.5, 0.6) is 5.75 Å². The standard InChI is InChI=1S/C9H8NO3/c1-7(2)13-9-5-3-4-8(6-9)10(11)12/h3-6H,1-2H2. The first-order valence-corrected chi connectivity index (χ1v) is 3.53. The Kier molecular flexibility index (Phi) is 2.64. The van der Waals surface area contributed by atoms with Gasteiger partial charge in [0.05, 0.1) is 16.7 Å². The number of allylic oxidation sites excluding steroid dienone is 1. The Labute approximate surface area is 75.6 Å². The molecule has 0 unspecified atom stereocenters. The molecule has 0 aliphatic rings. The van der Waals surface area contributed by atoms with Gasteiger partial charge >= 0.3 is 0 Å². The second kappa shape index (κ2) is 3.71. The molecule has 1 radical (unpaired) electrons. The third-order valence-electron chi connectivity index (χ3n) is 1.29. The van der Waals surface area contributed by atoms with Gasteiger partial charge in [-0.05, 0) is 6.07 Å². The molecule has 0 N–H and O–H groups in total. The summed E-state index contributed by atoms with van der Waals surface area (Å²) >= 11 is 0. The van der Waals surface area contributed by atoms with E-state index in [1.807, 2.05) is 0 Å². The van der Waals surface area contributed by atoms with Crippen LogP contribution in [0.25, 0.3) is 0 Å². The minimum absolute atomic E-state index is 0.0150. The number of rotatable bonds is 3. The summed E-state index contributed by atoms with van der Waals surface area (Å²) < 4.78 is 5.00. The van der Waals surface area contributed by atoms with Gasteiger partial charge in [0, 0.05) is 13.0 Å². The maximum atomic E-state index is 10.4. The van der Waals surface area contributed by atoms with Gasteiger partial charge in [-0.1, -0.05) is 12.6 Å². The predicted molar refractivity (Wildman–Crippen MR) is 48.2 cm³/mol. The van der Waals surface area contributed by atoms with E-state index in [2.05, 4.69) is 13.5 Å². The van der Waals surface area contributed by atoms with Crippen molar-refractivity contribution in [3.05, 3.63) is 53.6 Å². The van der Waals surface area contributed by atoms with Crippen molar-refractivity contribution in [2.45, 2.75) is 0 Å². The maximum Gasteiger partial charge on any atom is 0.273 e. The largest absolute Gasteiger partial charge is 0.462 e. The zero-order valence-electron chi connectivity index (χ0n) is 6.90. The molecule has 67 valence electrons. The Balaban J connectivity index is 2.91. The zero-order valence-corrected chi connectivity index (χ0v) is 6.90. The number of nitrogens with zero attached hydrogens (tertiary/aromatic N) is 1. The molecule has 0 aromatic heterocycles. The van der Waals surface area contributed by atoms with Gasteiger partial charge in [-0.2, -0.15) is 0 Å². The van der Waals surface area contributed by atoms with Gasteiger partial charge in [0.25, 0.3) is 5.69 Å². The lowest BCUT2D eigenvalue weighted by Crippen LogP contribution is -1.91. The van der Waals surface area contributed by atoms with Crippen LogP contribution in [-0.4, -0.2) is 4.92 Å². The molecule has 0 amide bonds. The first-order chi connectivity index (χ1) is 6.09. The molecule has 4 heteroatoms. The minimum Gasteiger partial charge on any atom is -0.462 e. The van der Waals surface area contributed by atoms with Gasteiger partial charge in [-0.15, -0.1) is 0 Å². The summed E-state index contributed by atoms with van der Waals surface area (Å²) in [5.74, 6) is 0.620. The molecule has 0 spiro atoms. The van der Waals surface area contributed by atoms with Crippen molar-refractivity contribution in [3.63, 3.8) is 0 Å². The van der Waals surface area contributed by atoms with Crippen molar-refractivity contribution in [1.82, 2.24) is 0 Å². The second-order valence-corrected chi connectivity index (χ2v) is 2.40. The molecule has 0 aliphatic carbocycles. The van der Waals surface area contributed by atoms with Crippen molar-refractivity contribution in [1.29, 1.82) is 0 Å². The average Bonchev–Trinajstić information content (AvgIpc) is 2.03. The zero-order chi connectivity index (χ0) is 9.84. The highest BCUT2D eigenvalue weighted by Crippen LogP contribution is 2.20. The topological polar surface area (TPSA) is 52.4 Å². The van der Waals surface area contributed by atoms with Gasteiger partial charge in [0.1, 0.15) is 5.75 Å². The quantitative estimate of drug-likeness (QED) is 0.405. The Morgan fingerprint density at radius 2 is 2.23 bits per heavy atom. The van der Waals surface area contributed by atoms with E-state index in [1.54, 1.807) is 6.07 Å². The maximum absolute atomic E-state index is 10.4. The van der Waals surface area contributed by atoms with E-state index >= 15 is 0 Å². The molecule has 0 atom stereocenters. The van der Waals surface area contributed by atoms with Crippen molar-refractivity contribution in [2.24, 2.45) is 0 Å². The summed E-state index contributed by atoms with van der Waals surface area (Å²) in [5, 5.41) is 10.4. The molecule has 0 saturated carbocycles. The smallest absolute Gasteiger partial charge is 0.273 e. The molecule has 13 heavy (non-hydrogen) atoms. The number of hydrogen-bond acceptors (Lipinski definition) is 3. The van der Waals surface area contributed by atoms with E-state index in [1.165, 1.54) is 18.2 Å². The molecule has 1 aromatic rings. The molecule has 0 fully saturated rings. The van der Waals surface area contributed by atoms with Crippen LogP contribution in [0.1, 0.15) is 0 Å². The lowest BCUT2D eigenvalue weighted by Gasteiger charge is -2.02. The van der Waals surface area contributed by atoms with E-state index in [0.717, 1.165) is 0 Å². The molecule has 1 aromatic carbocycles. The van der Waals surface area contributed by atoms with Gasteiger partial charge in [0.2, 0.25) is 0 Å². The van der Waals surface area contributed by atoms with Crippen LogP contribution in [0.2, 0.25) is 0 Å². The number of nitro groups is 1. The third-order valence-corrected chi connectivity index (χ3v) is 1.29. The number of ether oxygens (including phenoxy) is 1. The highest BCUT2D eigenvalue weighted by Gasteiger charge is 2.05. The fraction of sp³-hybridized carbons (Fsp3) is 0. The number of non-ortho nitro benzene ring substituents is 1. The Bertz CT molecular complexity index is 346. The van der Waals surface area contributed by atoms with E-state index in [-0.39, 0.29) is 11.4 Å². The van der Waals surface area contributed by atoms with Gasteiger partial charge < -0.3 is 4.74 Å². The van der Waals surface area contributed by atoms with Crippen LogP contribution in [0.15, 0.2) is 36.6 Å². The van der Waals surface area contributed by atoms with E-state index < -0.39 is 4.92 Å². The molecule has 4 nitrogen and oxygen atoms in total. The normalized spacial score (nSPS) is 9.31. The highest BCUT2D eigenvalue weighted by molar-refractivity contribution is 5.38. The summed E-state index contributed by atoms with van der Waals surface area (Å²) in [6.45, 7) is 6.84. The van der Waals surface area contributed by atoms with Crippen molar-refractivity contribution >= 4 is 5.69 Å². The van der Waals surface area contributed by atoms with Crippen molar-refractivity contribution in [2.75, 3.05) is 0 Å². The summed E-state index contributed by atoms with van der Waals surface area (Å²) in [7, 11) is 0. The van der Waals surface area contributed by atoms with Crippen LogP contribution >= 0.6 is 0 Å². The predicted octanol–water partition coefficient (Wildman–Crippen LogP) is 2.32. The SMILES string of the molecule is [CH2]C(=C)Oc1cccc([N+](=O)[O-])c1. The lowest BCUT2D eigenvalue weighted by molar-refractivity contribution is -0.384. The van der Waals surface area contributed by atoms with Crippen molar-refractivity contribution < 1.29 is 9.66 Å². The Hall–Kier alpha value is -1.84. The van der Waals surface area contributed by atoms with E-state index in [0.29, 0.717) is 5.75 Å². The number of hydrogen-bond donors (Lipinski definition) is 0. The monoisotopic (exact) mass is 178 g/mol. The van der Waals surface area contributed by atoms with Crippen LogP contribution in [0.4, 0.5) is 5.69 Å². The first-order valence-electron chi connectivity index (χ1n) is 3.53. The summed E-state index contributed by atoms with van der Waals surface area (Å²) in [6.07, 6.45) is 0. The average molecular weight is 178 g/mol. The second-order valence-electron chi connectivity index (χ2n) is 2.40. The van der Waals surface area contributed by atoms with Gasteiger partial charge in [0.15, 0.2) is 0 Å². The van der Waals surface area contributed by atoms with Crippen LogP contribution in [0, 0.1) is 17.0 Å². The van der Waals surface area contributed by atoms with Crippen LogP contribution < -0.4 is 4.74 Å². The number of benzene rings is 1. The fourth-order valence-corrected chi connectivity index (χ4v) is 0.827. The summed E-state index contributed by atoms with van der Waals surface area (Å²) in [5.41, 5.74) is -0.0150. The molecular formula is C9H8NO3. The first kappa shape index (κ1) is 9.25. The van der Waals surface area contributed by atoms with E-state index in [9.17, 15) is 10.1 Å². The van der Waals surface area contributed by atoms with Gasteiger partial charge in [-0.25, -0.2) is 0 Å². The Morgan fingerprint density at radius 3 is 2.77 bits per heavy atom. The molecular weight excluding hydrogens is 170 g/mol. The third kappa shape index (κ3) is 2.59. The Morgan fingerprint density at radius 1 is 1.54 bits per heavy atom. The molecule has 0 bridgehead atoms.